The van der Waals surface area contributed by atoms with E-state index in [-0.39, 0.29) is 0 Å². The van der Waals surface area contributed by atoms with Crippen LogP contribution < -0.4 is 5.32 Å². The highest BCUT2D eigenvalue weighted by Gasteiger charge is 2.28. The summed E-state index contributed by atoms with van der Waals surface area (Å²) in [7, 11) is 0. The number of nitrogens with one attached hydrogen (secondary N) is 1. The first-order valence-corrected chi connectivity index (χ1v) is 7.47. The molecular formula is C16H22N4. The van der Waals surface area contributed by atoms with Gasteiger partial charge in [-0.05, 0) is 42.9 Å². The van der Waals surface area contributed by atoms with Crippen LogP contribution in [0.15, 0.2) is 36.8 Å². The van der Waals surface area contributed by atoms with Crippen LogP contribution in [0.2, 0.25) is 0 Å². The van der Waals surface area contributed by atoms with Crippen LogP contribution >= 0.6 is 0 Å². The largest absolute Gasteiger partial charge is 0.379 e. The maximum Gasteiger partial charge on any atom is 0.176 e. The standard InChI is InChI=1S/C16H22N4/c1-12-6-3-7-13(2)15(12)19-14-8-4-9-17-16(14)20-11-5-10-18-20/h4-5,8-13,15,19H,3,6-7H2,1-2H3. The normalized spacial score (nSPS) is 26.4. The molecule has 2 aromatic rings. The number of rotatable bonds is 3. The van der Waals surface area contributed by atoms with Crippen molar-refractivity contribution in [2.45, 2.75) is 39.2 Å². The van der Waals surface area contributed by atoms with Gasteiger partial charge in [0.1, 0.15) is 0 Å². The van der Waals surface area contributed by atoms with Gasteiger partial charge in [0.2, 0.25) is 0 Å². The summed E-state index contributed by atoms with van der Waals surface area (Å²) in [5.41, 5.74) is 1.07. The minimum Gasteiger partial charge on any atom is -0.379 e. The molecule has 0 amide bonds. The molecule has 0 saturated heterocycles. The zero-order chi connectivity index (χ0) is 13.9. The lowest BCUT2D eigenvalue weighted by atomic mass is 9.78. The van der Waals surface area contributed by atoms with Crippen molar-refractivity contribution < 1.29 is 0 Å². The fraction of sp³-hybridized carbons (Fsp3) is 0.500. The average Bonchev–Trinajstić information content (AvgIpc) is 2.97. The molecule has 0 radical (unpaired) electrons. The average molecular weight is 270 g/mol. The Morgan fingerprint density at radius 3 is 2.65 bits per heavy atom. The van der Waals surface area contributed by atoms with Gasteiger partial charge in [0.25, 0.3) is 0 Å². The van der Waals surface area contributed by atoms with E-state index in [1.54, 1.807) is 6.20 Å². The Balaban J connectivity index is 1.87. The summed E-state index contributed by atoms with van der Waals surface area (Å²) in [4.78, 5) is 4.47. The summed E-state index contributed by atoms with van der Waals surface area (Å²) in [6.07, 6.45) is 9.49. The molecule has 0 aliphatic heterocycles. The van der Waals surface area contributed by atoms with Crippen LogP contribution in [0.4, 0.5) is 5.69 Å². The van der Waals surface area contributed by atoms with Crippen molar-refractivity contribution in [2.75, 3.05) is 5.32 Å². The Kier molecular flexibility index (Phi) is 3.72. The molecule has 2 aromatic heterocycles. The van der Waals surface area contributed by atoms with Gasteiger partial charge in [0, 0.05) is 24.6 Å². The van der Waals surface area contributed by atoms with E-state index in [1.807, 2.05) is 29.2 Å². The second-order valence-electron chi connectivity index (χ2n) is 5.88. The fourth-order valence-electron chi connectivity index (χ4n) is 3.23. The molecule has 20 heavy (non-hydrogen) atoms. The molecule has 106 valence electrons. The predicted molar refractivity (Wildman–Crippen MR) is 80.9 cm³/mol. The first-order valence-electron chi connectivity index (χ1n) is 7.47. The van der Waals surface area contributed by atoms with E-state index in [0.29, 0.717) is 17.9 Å². The molecule has 4 nitrogen and oxygen atoms in total. The minimum absolute atomic E-state index is 0.516. The lowest BCUT2D eigenvalue weighted by molar-refractivity contribution is 0.268. The molecule has 1 aliphatic carbocycles. The molecule has 1 saturated carbocycles. The molecule has 2 heterocycles. The number of anilines is 1. The number of pyridine rings is 1. The maximum atomic E-state index is 4.47. The van der Waals surface area contributed by atoms with Gasteiger partial charge >= 0.3 is 0 Å². The molecule has 1 fully saturated rings. The lowest BCUT2D eigenvalue weighted by Gasteiger charge is -2.36. The highest BCUT2D eigenvalue weighted by atomic mass is 15.3. The Morgan fingerprint density at radius 1 is 1.15 bits per heavy atom. The highest BCUT2D eigenvalue weighted by Crippen LogP contribution is 2.32. The molecule has 1 aliphatic rings. The summed E-state index contributed by atoms with van der Waals surface area (Å²) in [5, 5.41) is 8.01. The fourth-order valence-corrected chi connectivity index (χ4v) is 3.23. The smallest absolute Gasteiger partial charge is 0.176 e. The third kappa shape index (κ3) is 2.55. The number of aromatic nitrogens is 3. The van der Waals surface area contributed by atoms with Crippen LogP contribution in [0.1, 0.15) is 33.1 Å². The quantitative estimate of drug-likeness (QED) is 0.928. The summed E-state index contributed by atoms with van der Waals surface area (Å²) < 4.78 is 1.82. The van der Waals surface area contributed by atoms with E-state index in [9.17, 15) is 0 Å². The van der Waals surface area contributed by atoms with Gasteiger partial charge in [-0.2, -0.15) is 5.10 Å². The number of hydrogen-bond donors (Lipinski definition) is 1. The van der Waals surface area contributed by atoms with E-state index < -0.39 is 0 Å². The van der Waals surface area contributed by atoms with Crippen LogP contribution in [0.25, 0.3) is 5.82 Å². The van der Waals surface area contributed by atoms with Crippen molar-refractivity contribution in [3.8, 4) is 5.82 Å². The van der Waals surface area contributed by atoms with Crippen molar-refractivity contribution in [3.63, 3.8) is 0 Å². The van der Waals surface area contributed by atoms with Crippen molar-refractivity contribution in [2.24, 2.45) is 11.8 Å². The first kappa shape index (κ1) is 13.2. The summed E-state index contributed by atoms with van der Waals surface area (Å²) in [6, 6.07) is 6.51. The van der Waals surface area contributed by atoms with Crippen molar-refractivity contribution in [3.05, 3.63) is 36.8 Å². The SMILES string of the molecule is CC1CCCC(C)C1Nc1cccnc1-n1cccn1. The van der Waals surface area contributed by atoms with Crippen LogP contribution in [0.3, 0.4) is 0 Å². The molecule has 3 rings (SSSR count). The van der Waals surface area contributed by atoms with Crippen LogP contribution in [-0.4, -0.2) is 20.8 Å². The molecule has 0 spiro atoms. The zero-order valence-electron chi connectivity index (χ0n) is 12.2. The van der Waals surface area contributed by atoms with Crippen LogP contribution in [-0.2, 0) is 0 Å². The van der Waals surface area contributed by atoms with Crippen molar-refractivity contribution in [1.29, 1.82) is 0 Å². The third-order valence-electron chi connectivity index (χ3n) is 4.38. The van der Waals surface area contributed by atoms with E-state index in [4.69, 9.17) is 0 Å². The summed E-state index contributed by atoms with van der Waals surface area (Å²) in [5.74, 6) is 2.27. The summed E-state index contributed by atoms with van der Waals surface area (Å²) in [6.45, 7) is 4.69. The van der Waals surface area contributed by atoms with Gasteiger partial charge in [-0.1, -0.05) is 20.3 Å². The highest BCUT2D eigenvalue weighted by molar-refractivity contribution is 5.57. The van der Waals surface area contributed by atoms with Gasteiger partial charge in [-0.3, -0.25) is 0 Å². The van der Waals surface area contributed by atoms with Gasteiger partial charge < -0.3 is 5.32 Å². The second kappa shape index (κ2) is 5.65. The van der Waals surface area contributed by atoms with Crippen LogP contribution in [0, 0.1) is 11.8 Å². The Bertz CT molecular complexity index is 539. The summed E-state index contributed by atoms with van der Waals surface area (Å²) >= 11 is 0. The Morgan fingerprint density at radius 2 is 1.95 bits per heavy atom. The molecular weight excluding hydrogens is 248 g/mol. The molecule has 0 bridgehead atoms. The molecule has 2 atom stereocenters. The first-order chi connectivity index (χ1) is 9.75. The molecule has 2 unspecified atom stereocenters. The zero-order valence-corrected chi connectivity index (χ0v) is 12.2. The topological polar surface area (TPSA) is 42.7 Å². The maximum absolute atomic E-state index is 4.47. The van der Waals surface area contributed by atoms with E-state index in [1.165, 1.54) is 19.3 Å². The van der Waals surface area contributed by atoms with Gasteiger partial charge in [-0.15, -0.1) is 0 Å². The van der Waals surface area contributed by atoms with E-state index in [0.717, 1.165) is 11.5 Å². The molecule has 1 N–H and O–H groups in total. The van der Waals surface area contributed by atoms with Crippen molar-refractivity contribution in [1.82, 2.24) is 14.8 Å². The minimum atomic E-state index is 0.516. The van der Waals surface area contributed by atoms with Crippen LogP contribution in [0.5, 0.6) is 0 Å². The predicted octanol–water partition coefficient (Wildman–Crippen LogP) is 3.50. The third-order valence-corrected chi connectivity index (χ3v) is 4.38. The Labute approximate surface area is 120 Å². The van der Waals surface area contributed by atoms with Gasteiger partial charge in [-0.25, -0.2) is 9.67 Å². The van der Waals surface area contributed by atoms with Gasteiger partial charge in [0.15, 0.2) is 5.82 Å². The lowest BCUT2D eigenvalue weighted by Crippen LogP contribution is -2.37. The molecule has 4 heteroatoms. The van der Waals surface area contributed by atoms with E-state index in [2.05, 4.69) is 35.3 Å². The van der Waals surface area contributed by atoms with Gasteiger partial charge in [0.05, 0.1) is 5.69 Å². The Hall–Kier alpha value is -1.84. The van der Waals surface area contributed by atoms with Crippen molar-refractivity contribution >= 4 is 5.69 Å². The van der Waals surface area contributed by atoms with E-state index >= 15 is 0 Å². The molecule has 0 aromatic carbocycles. The second-order valence-corrected chi connectivity index (χ2v) is 5.88. The monoisotopic (exact) mass is 270 g/mol. The number of nitrogens with zero attached hydrogens (tertiary/aromatic N) is 3. The number of hydrogen-bond acceptors (Lipinski definition) is 3.